The first-order valence-electron chi connectivity index (χ1n) is 6.77. The molecule has 1 atom stereocenters. The lowest BCUT2D eigenvalue weighted by Crippen LogP contribution is -2.42. The number of carbonyl (C=O) groups is 2. The van der Waals surface area contributed by atoms with Crippen LogP contribution < -0.4 is 11.1 Å². The van der Waals surface area contributed by atoms with E-state index in [2.05, 4.69) is 5.32 Å². The average molecular weight is 278 g/mol. The molecule has 1 aromatic carbocycles. The molecule has 1 unspecified atom stereocenters. The van der Waals surface area contributed by atoms with Crippen LogP contribution in [0, 0.1) is 5.92 Å². The SMILES string of the molecule is CC(C)CC(NC(=O)c1ccccc1CCN)C(=O)O. The second-order valence-electron chi connectivity index (χ2n) is 5.19. The van der Waals surface area contributed by atoms with Crippen molar-refractivity contribution in [2.24, 2.45) is 11.7 Å². The molecule has 0 fully saturated rings. The molecular weight excluding hydrogens is 256 g/mol. The second-order valence-corrected chi connectivity index (χ2v) is 5.19. The average Bonchev–Trinajstić information content (AvgIpc) is 2.38. The van der Waals surface area contributed by atoms with Gasteiger partial charge in [0.15, 0.2) is 0 Å². The van der Waals surface area contributed by atoms with Crippen LogP contribution in [0.2, 0.25) is 0 Å². The van der Waals surface area contributed by atoms with Gasteiger partial charge in [-0.05, 0) is 36.9 Å². The predicted molar refractivity (Wildman–Crippen MR) is 77.5 cm³/mol. The van der Waals surface area contributed by atoms with E-state index < -0.39 is 12.0 Å². The van der Waals surface area contributed by atoms with Crippen molar-refractivity contribution in [2.45, 2.75) is 32.7 Å². The highest BCUT2D eigenvalue weighted by molar-refractivity contribution is 5.97. The monoisotopic (exact) mass is 278 g/mol. The third kappa shape index (κ3) is 4.66. The molecule has 1 amide bonds. The first-order chi connectivity index (χ1) is 9.45. The lowest BCUT2D eigenvalue weighted by atomic mass is 10.0. The van der Waals surface area contributed by atoms with Crippen LogP contribution in [0.5, 0.6) is 0 Å². The Morgan fingerprint density at radius 3 is 2.50 bits per heavy atom. The van der Waals surface area contributed by atoms with Crippen LogP contribution in [-0.2, 0) is 11.2 Å². The molecule has 0 aliphatic heterocycles. The van der Waals surface area contributed by atoms with E-state index in [4.69, 9.17) is 10.8 Å². The Labute approximate surface area is 119 Å². The third-order valence-corrected chi connectivity index (χ3v) is 2.99. The molecule has 4 N–H and O–H groups in total. The Kier molecular flexibility index (Phi) is 6.18. The van der Waals surface area contributed by atoms with Crippen molar-refractivity contribution >= 4 is 11.9 Å². The number of hydrogen-bond donors (Lipinski definition) is 3. The van der Waals surface area contributed by atoms with Gasteiger partial charge in [-0.15, -0.1) is 0 Å². The molecule has 0 spiro atoms. The van der Waals surface area contributed by atoms with Gasteiger partial charge in [0.05, 0.1) is 0 Å². The topological polar surface area (TPSA) is 92.4 Å². The van der Waals surface area contributed by atoms with Gasteiger partial charge in [-0.3, -0.25) is 4.79 Å². The Morgan fingerprint density at radius 1 is 1.30 bits per heavy atom. The van der Waals surface area contributed by atoms with Crippen LogP contribution in [0.1, 0.15) is 36.2 Å². The number of nitrogens with one attached hydrogen (secondary N) is 1. The first-order valence-corrected chi connectivity index (χ1v) is 6.77. The van der Waals surface area contributed by atoms with Gasteiger partial charge in [0.25, 0.3) is 5.91 Å². The molecule has 0 radical (unpaired) electrons. The van der Waals surface area contributed by atoms with E-state index in [1.807, 2.05) is 26.0 Å². The van der Waals surface area contributed by atoms with Crippen LogP contribution in [0.25, 0.3) is 0 Å². The quantitative estimate of drug-likeness (QED) is 0.703. The Morgan fingerprint density at radius 2 is 1.95 bits per heavy atom. The van der Waals surface area contributed by atoms with Gasteiger partial charge < -0.3 is 16.2 Å². The fraction of sp³-hybridized carbons (Fsp3) is 0.467. The molecular formula is C15H22N2O3. The van der Waals surface area contributed by atoms with Crippen LogP contribution >= 0.6 is 0 Å². The molecule has 5 nitrogen and oxygen atoms in total. The molecule has 20 heavy (non-hydrogen) atoms. The maximum Gasteiger partial charge on any atom is 0.326 e. The summed E-state index contributed by atoms with van der Waals surface area (Å²) in [4.78, 5) is 23.4. The van der Waals surface area contributed by atoms with Crippen molar-refractivity contribution in [3.8, 4) is 0 Å². The predicted octanol–water partition coefficient (Wildman–Crippen LogP) is 1.42. The number of benzene rings is 1. The number of rotatable bonds is 7. The van der Waals surface area contributed by atoms with Crippen LogP contribution in [-0.4, -0.2) is 29.6 Å². The largest absolute Gasteiger partial charge is 0.480 e. The van der Waals surface area contributed by atoms with E-state index in [0.29, 0.717) is 24.9 Å². The fourth-order valence-electron chi connectivity index (χ4n) is 2.04. The van der Waals surface area contributed by atoms with Crippen molar-refractivity contribution in [3.05, 3.63) is 35.4 Å². The van der Waals surface area contributed by atoms with Crippen LogP contribution in [0.15, 0.2) is 24.3 Å². The van der Waals surface area contributed by atoms with Crippen molar-refractivity contribution < 1.29 is 14.7 Å². The van der Waals surface area contributed by atoms with Gasteiger partial charge in [-0.25, -0.2) is 4.79 Å². The molecule has 5 heteroatoms. The highest BCUT2D eigenvalue weighted by Crippen LogP contribution is 2.11. The number of aliphatic carboxylic acids is 1. The molecule has 110 valence electrons. The maximum absolute atomic E-state index is 12.2. The summed E-state index contributed by atoms with van der Waals surface area (Å²) in [6.45, 7) is 4.29. The zero-order chi connectivity index (χ0) is 15.1. The lowest BCUT2D eigenvalue weighted by Gasteiger charge is -2.17. The summed E-state index contributed by atoms with van der Waals surface area (Å²) in [5.74, 6) is -1.18. The van der Waals surface area contributed by atoms with Gasteiger partial charge in [0.1, 0.15) is 6.04 Å². The second kappa shape index (κ2) is 7.65. The minimum absolute atomic E-state index is 0.190. The molecule has 0 aliphatic carbocycles. The molecule has 0 aromatic heterocycles. The maximum atomic E-state index is 12.2. The highest BCUT2D eigenvalue weighted by atomic mass is 16.4. The van der Waals surface area contributed by atoms with E-state index in [9.17, 15) is 9.59 Å². The van der Waals surface area contributed by atoms with Gasteiger partial charge in [0.2, 0.25) is 0 Å². The summed E-state index contributed by atoms with van der Waals surface area (Å²) >= 11 is 0. The number of carbonyl (C=O) groups excluding carboxylic acids is 1. The number of carboxylic acids is 1. The summed E-state index contributed by atoms with van der Waals surface area (Å²) in [6.07, 6.45) is 0.992. The smallest absolute Gasteiger partial charge is 0.326 e. The highest BCUT2D eigenvalue weighted by Gasteiger charge is 2.22. The van der Waals surface area contributed by atoms with Crippen molar-refractivity contribution in [3.63, 3.8) is 0 Å². The summed E-state index contributed by atoms with van der Waals surface area (Å²) in [6, 6.07) is 6.25. The summed E-state index contributed by atoms with van der Waals surface area (Å²) in [7, 11) is 0. The number of nitrogens with two attached hydrogens (primary N) is 1. The van der Waals surface area contributed by atoms with Gasteiger partial charge in [-0.1, -0.05) is 32.0 Å². The summed E-state index contributed by atoms with van der Waals surface area (Å²) < 4.78 is 0. The Hall–Kier alpha value is -1.88. The first kappa shape index (κ1) is 16.2. The zero-order valence-corrected chi connectivity index (χ0v) is 11.9. The minimum atomic E-state index is -1.01. The van der Waals surface area contributed by atoms with Crippen molar-refractivity contribution in [1.29, 1.82) is 0 Å². The summed E-state index contributed by atoms with van der Waals surface area (Å²) in [5, 5.41) is 11.7. The normalized spacial score (nSPS) is 12.2. The van der Waals surface area contributed by atoms with E-state index in [0.717, 1.165) is 5.56 Å². The zero-order valence-electron chi connectivity index (χ0n) is 11.9. The molecule has 1 aromatic rings. The molecule has 0 saturated heterocycles. The molecule has 0 aliphatic rings. The molecule has 0 bridgehead atoms. The molecule has 0 saturated carbocycles. The fourth-order valence-corrected chi connectivity index (χ4v) is 2.04. The Bertz CT molecular complexity index is 472. The van der Waals surface area contributed by atoms with Crippen molar-refractivity contribution in [1.82, 2.24) is 5.32 Å². The lowest BCUT2D eigenvalue weighted by molar-refractivity contribution is -0.139. The molecule has 1 rings (SSSR count). The number of carboxylic acid groups (broad SMARTS) is 1. The summed E-state index contributed by atoms with van der Waals surface area (Å²) in [5.41, 5.74) is 6.85. The minimum Gasteiger partial charge on any atom is -0.480 e. The van der Waals surface area contributed by atoms with E-state index in [-0.39, 0.29) is 11.8 Å². The standard InChI is InChI=1S/C15H22N2O3/c1-10(2)9-13(15(19)20)17-14(18)12-6-4-3-5-11(12)7-8-16/h3-6,10,13H,7-9,16H2,1-2H3,(H,17,18)(H,19,20). The van der Waals surface area contributed by atoms with E-state index in [1.54, 1.807) is 12.1 Å². The van der Waals surface area contributed by atoms with Gasteiger partial charge >= 0.3 is 5.97 Å². The molecule has 0 heterocycles. The van der Waals surface area contributed by atoms with Crippen molar-refractivity contribution in [2.75, 3.05) is 6.54 Å². The van der Waals surface area contributed by atoms with Gasteiger partial charge in [0, 0.05) is 5.56 Å². The van der Waals surface area contributed by atoms with E-state index >= 15 is 0 Å². The van der Waals surface area contributed by atoms with Crippen LogP contribution in [0.3, 0.4) is 0 Å². The third-order valence-electron chi connectivity index (χ3n) is 2.99. The number of hydrogen-bond acceptors (Lipinski definition) is 3. The number of amides is 1. The van der Waals surface area contributed by atoms with E-state index in [1.165, 1.54) is 0 Å². The Balaban J connectivity index is 2.86. The van der Waals surface area contributed by atoms with Gasteiger partial charge in [-0.2, -0.15) is 0 Å². The van der Waals surface area contributed by atoms with Crippen LogP contribution in [0.4, 0.5) is 0 Å².